The first-order chi connectivity index (χ1) is 12.3. The molecule has 0 aliphatic heterocycles. The van der Waals surface area contributed by atoms with Crippen LogP contribution in [0.1, 0.15) is 48.8 Å². The fourth-order valence-corrected chi connectivity index (χ4v) is 2.71. The van der Waals surface area contributed by atoms with Gasteiger partial charge >= 0.3 is 0 Å². The zero-order valence-electron chi connectivity index (χ0n) is 16.3. The van der Waals surface area contributed by atoms with Crippen molar-refractivity contribution in [3.05, 3.63) is 40.7 Å². The van der Waals surface area contributed by atoms with E-state index in [0.717, 1.165) is 43.1 Å². The maximum atomic E-state index is 10.6. The van der Waals surface area contributed by atoms with Crippen molar-refractivity contribution >= 4 is 5.96 Å². The zero-order chi connectivity index (χ0) is 19.2. The summed E-state index contributed by atoms with van der Waals surface area (Å²) in [6.45, 7) is 11.2. The Morgan fingerprint density at radius 1 is 1.27 bits per heavy atom. The number of aryl methyl sites for hydroxylation is 3. The van der Waals surface area contributed by atoms with Gasteiger partial charge in [0, 0.05) is 18.7 Å². The molecule has 0 aliphatic carbocycles. The minimum atomic E-state index is -1.15. The molecule has 2 aromatic heterocycles. The first kappa shape index (κ1) is 20.0. The van der Waals surface area contributed by atoms with Crippen LogP contribution < -0.4 is 10.6 Å². The molecule has 144 valence electrons. The van der Waals surface area contributed by atoms with E-state index in [-0.39, 0.29) is 6.54 Å². The fourth-order valence-electron chi connectivity index (χ4n) is 2.71. The number of hydrogen-bond donors (Lipinski definition) is 3. The number of nitrogens with one attached hydrogen (secondary N) is 2. The van der Waals surface area contributed by atoms with Gasteiger partial charge in [0.2, 0.25) is 0 Å². The summed E-state index contributed by atoms with van der Waals surface area (Å²) in [5.41, 5.74) is 0.977. The van der Waals surface area contributed by atoms with E-state index in [4.69, 9.17) is 8.94 Å². The van der Waals surface area contributed by atoms with Gasteiger partial charge < -0.3 is 24.7 Å². The van der Waals surface area contributed by atoms with Crippen LogP contribution in [0.5, 0.6) is 0 Å². The lowest BCUT2D eigenvalue weighted by Crippen LogP contribution is -2.39. The second kappa shape index (κ2) is 8.89. The lowest BCUT2D eigenvalue weighted by Gasteiger charge is -2.19. The molecule has 0 saturated carbocycles. The summed E-state index contributed by atoms with van der Waals surface area (Å²) in [5.74, 6) is 2.85. The predicted octanol–water partition coefficient (Wildman–Crippen LogP) is 2.59. The molecule has 0 aliphatic rings. The molecule has 7 nitrogen and oxygen atoms in total. The molecule has 0 fully saturated rings. The van der Waals surface area contributed by atoms with Crippen LogP contribution in [0.15, 0.2) is 26.1 Å². The monoisotopic (exact) mass is 362 g/mol. The predicted molar refractivity (Wildman–Crippen MR) is 101 cm³/mol. The molecule has 0 spiro atoms. The SMILES string of the molecule is CCNC(=NCC(C)(O)c1ccc(C)o1)NCCCc1c(C)noc1C. The van der Waals surface area contributed by atoms with Crippen LogP contribution in [0.4, 0.5) is 0 Å². The van der Waals surface area contributed by atoms with Crippen molar-refractivity contribution in [2.45, 2.75) is 53.1 Å². The molecule has 2 heterocycles. The number of aliphatic hydroxyl groups is 1. The van der Waals surface area contributed by atoms with E-state index in [1.807, 2.05) is 33.8 Å². The molecule has 0 saturated heterocycles. The van der Waals surface area contributed by atoms with Gasteiger partial charge in [0.1, 0.15) is 22.9 Å². The van der Waals surface area contributed by atoms with Crippen molar-refractivity contribution < 1.29 is 14.0 Å². The second-order valence-electron chi connectivity index (χ2n) is 6.71. The molecule has 2 aromatic rings. The number of nitrogens with zero attached hydrogens (tertiary/aromatic N) is 2. The van der Waals surface area contributed by atoms with Gasteiger partial charge in [-0.05, 0) is 59.6 Å². The minimum Gasteiger partial charge on any atom is -0.463 e. The molecule has 7 heteroatoms. The fraction of sp³-hybridized carbons (Fsp3) is 0.579. The Balaban J connectivity index is 1.88. The minimum absolute atomic E-state index is 0.207. The molecule has 2 rings (SSSR count). The van der Waals surface area contributed by atoms with Gasteiger partial charge in [-0.2, -0.15) is 0 Å². The van der Waals surface area contributed by atoms with Gasteiger partial charge in [0.25, 0.3) is 0 Å². The highest BCUT2D eigenvalue weighted by atomic mass is 16.5. The second-order valence-corrected chi connectivity index (χ2v) is 6.71. The molecular weight excluding hydrogens is 332 g/mol. The number of aliphatic imine (C=N–C) groups is 1. The van der Waals surface area contributed by atoms with Gasteiger partial charge in [-0.15, -0.1) is 0 Å². The van der Waals surface area contributed by atoms with Crippen molar-refractivity contribution in [3.8, 4) is 0 Å². The Labute approximate surface area is 154 Å². The largest absolute Gasteiger partial charge is 0.463 e. The quantitative estimate of drug-likeness (QED) is 0.379. The van der Waals surface area contributed by atoms with Crippen molar-refractivity contribution in [1.82, 2.24) is 15.8 Å². The molecule has 0 radical (unpaired) electrons. The van der Waals surface area contributed by atoms with E-state index in [1.54, 1.807) is 13.0 Å². The van der Waals surface area contributed by atoms with Gasteiger partial charge in [0.05, 0.1) is 12.2 Å². The van der Waals surface area contributed by atoms with Crippen molar-refractivity contribution in [1.29, 1.82) is 0 Å². The van der Waals surface area contributed by atoms with Crippen LogP contribution in [-0.4, -0.2) is 35.9 Å². The molecule has 0 amide bonds. The summed E-state index contributed by atoms with van der Waals surface area (Å²) in [7, 11) is 0. The molecule has 0 bridgehead atoms. The van der Waals surface area contributed by atoms with E-state index in [2.05, 4.69) is 20.8 Å². The number of aromatic nitrogens is 1. The Kier molecular flexibility index (Phi) is 6.85. The number of furan rings is 1. The van der Waals surface area contributed by atoms with Crippen LogP contribution >= 0.6 is 0 Å². The Bertz CT molecular complexity index is 711. The third-order valence-corrected chi connectivity index (χ3v) is 4.24. The summed E-state index contributed by atoms with van der Waals surface area (Å²) in [5, 5.41) is 21.1. The van der Waals surface area contributed by atoms with Crippen molar-refractivity contribution in [3.63, 3.8) is 0 Å². The normalized spacial score (nSPS) is 14.3. The van der Waals surface area contributed by atoms with E-state index < -0.39 is 5.60 Å². The average Bonchev–Trinajstić information content (AvgIpc) is 3.16. The first-order valence-electron chi connectivity index (χ1n) is 9.06. The Morgan fingerprint density at radius 2 is 2.04 bits per heavy atom. The van der Waals surface area contributed by atoms with E-state index in [0.29, 0.717) is 11.7 Å². The lowest BCUT2D eigenvalue weighted by atomic mass is 10.0. The van der Waals surface area contributed by atoms with Gasteiger partial charge in [0.15, 0.2) is 5.96 Å². The summed E-state index contributed by atoms with van der Waals surface area (Å²) < 4.78 is 10.7. The summed E-state index contributed by atoms with van der Waals surface area (Å²) in [4.78, 5) is 4.49. The molecule has 1 unspecified atom stereocenters. The molecule has 26 heavy (non-hydrogen) atoms. The standard InChI is InChI=1S/C19H30N4O3/c1-6-20-18(21-11-7-8-16-14(3)23-26-15(16)4)22-12-19(5,24)17-10-9-13(2)25-17/h9-10,24H,6-8,11-12H2,1-5H3,(H2,20,21,22). The summed E-state index contributed by atoms with van der Waals surface area (Å²) in [6, 6.07) is 3.63. The Morgan fingerprint density at radius 3 is 2.62 bits per heavy atom. The summed E-state index contributed by atoms with van der Waals surface area (Å²) >= 11 is 0. The highest BCUT2D eigenvalue weighted by Crippen LogP contribution is 2.23. The molecule has 3 N–H and O–H groups in total. The third-order valence-electron chi connectivity index (χ3n) is 4.24. The smallest absolute Gasteiger partial charge is 0.191 e. The van der Waals surface area contributed by atoms with Crippen LogP contribution in [0.3, 0.4) is 0 Å². The average molecular weight is 362 g/mol. The number of hydrogen-bond acceptors (Lipinski definition) is 5. The van der Waals surface area contributed by atoms with E-state index in [1.165, 1.54) is 5.56 Å². The number of rotatable bonds is 8. The summed E-state index contributed by atoms with van der Waals surface area (Å²) in [6.07, 6.45) is 1.83. The maximum absolute atomic E-state index is 10.6. The maximum Gasteiger partial charge on any atom is 0.191 e. The molecule has 0 aromatic carbocycles. The third kappa shape index (κ3) is 5.36. The number of guanidine groups is 1. The highest BCUT2D eigenvalue weighted by Gasteiger charge is 2.26. The van der Waals surface area contributed by atoms with Crippen LogP contribution in [0, 0.1) is 20.8 Å². The van der Waals surface area contributed by atoms with E-state index in [9.17, 15) is 5.11 Å². The van der Waals surface area contributed by atoms with Crippen molar-refractivity contribution in [2.75, 3.05) is 19.6 Å². The van der Waals surface area contributed by atoms with Crippen LogP contribution in [-0.2, 0) is 12.0 Å². The molecular formula is C19H30N4O3. The van der Waals surface area contributed by atoms with Crippen LogP contribution in [0.2, 0.25) is 0 Å². The van der Waals surface area contributed by atoms with Gasteiger partial charge in [-0.1, -0.05) is 5.16 Å². The highest BCUT2D eigenvalue weighted by molar-refractivity contribution is 5.79. The van der Waals surface area contributed by atoms with E-state index >= 15 is 0 Å². The van der Waals surface area contributed by atoms with Crippen LogP contribution in [0.25, 0.3) is 0 Å². The Hall–Kier alpha value is -2.28. The topological polar surface area (TPSA) is 95.8 Å². The molecule has 1 atom stereocenters. The first-order valence-corrected chi connectivity index (χ1v) is 9.06. The lowest BCUT2D eigenvalue weighted by molar-refractivity contribution is 0.0428. The van der Waals surface area contributed by atoms with Crippen molar-refractivity contribution in [2.24, 2.45) is 4.99 Å². The van der Waals surface area contributed by atoms with Gasteiger partial charge in [-0.3, -0.25) is 0 Å². The zero-order valence-corrected chi connectivity index (χ0v) is 16.3. The van der Waals surface area contributed by atoms with Gasteiger partial charge in [-0.25, -0.2) is 4.99 Å².